The molecule has 128 valence electrons. The molecule has 7 saturated carbocycles. The maximum absolute atomic E-state index is 13.0. The molecular formula is C21H22N2OS. The van der Waals surface area contributed by atoms with Crippen molar-refractivity contribution in [2.75, 3.05) is 0 Å². The molecule has 1 heterocycles. The molecule has 1 aromatic carbocycles. The number of hydrogen-bond acceptors (Lipinski definition) is 3. The molecule has 1 aromatic heterocycles. The molecule has 7 aliphatic rings. The van der Waals surface area contributed by atoms with Crippen LogP contribution in [0.2, 0.25) is 0 Å². The second-order valence-corrected chi connectivity index (χ2v) is 9.66. The van der Waals surface area contributed by atoms with Gasteiger partial charge in [0.15, 0.2) is 0 Å². The van der Waals surface area contributed by atoms with Crippen LogP contribution >= 0.6 is 11.3 Å². The number of carbonyl (C=O) groups excluding carboxylic acids is 1. The van der Waals surface area contributed by atoms with E-state index in [1.54, 1.807) is 11.3 Å². The van der Waals surface area contributed by atoms with E-state index in [9.17, 15) is 4.79 Å². The lowest BCUT2D eigenvalue weighted by atomic mass is 9.24. The zero-order chi connectivity index (χ0) is 16.8. The van der Waals surface area contributed by atoms with Gasteiger partial charge < -0.3 is 5.32 Å². The van der Waals surface area contributed by atoms with Crippen molar-refractivity contribution in [2.24, 2.45) is 23.2 Å². The summed E-state index contributed by atoms with van der Waals surface area (Å²) in [4.78, 5) is 17.7. The average molecular weight is 350 g/mol. The van der Waals surface area contributed by atoms with Crippen LogP contribution in [0.1, 0.15) is 48.2 Å². The van der Waals surface area contributed by atoms with E-state index in [1.807, 2.05) is 17.5 Å². The van der Waals surface area contributed by atoms with Gasteiger partial charge in [0.2, 0.25) is 0 Å². The van der Waals surface area contributed by atoms with E-state index < -0.39 is 0 Å². The Morgan fingerprint density at radius 1 is 1.20 bits per heavy atom. The number of nitrogens with one attached hydrogen (secondary N) is 1. The summed E-state index contributed by atoms with van der Waals surface area (Å²) in [6.07, 6.45) is 6.73. The highest BCUT2D eigenvalue weighted by atomic mass is 32.1. The van der Waals surface area contributed by atoms with Crippen molar-refractivity contribution in [2.45, 2.75) is 44.6 Å². The summed E-state index contributed by atoms with van der Waals surface area (Å²) < 4.78 is 0. The van der Waals surface area contributed by atoms with Gasteiger partial charge in [-0.1, -0.05) is 24.3 Å². The number of thiazole rings is 1. The third kappa shape index (κ3) is 1.62. The summed E-state index contributed by atoms with van der Waals surface area (Å²) in [5.74, 6) is 2.47. The lowest BCUT2D eigenvalue weighted by Crippen LogP contribution is -2.87. The van der Waals surface area contributed by atoms with E-state index in [0.717, 1.165) is 28.3 Å². The normalized spacial score (nSPS) is 39.5. The topological polar surface area (TPSA) is 42.0 Å². The zero-order valence-electron chi connectivity index (χ0n) is 14.4. The molecule has 2 unspecified atom stereocenters. The number of amides is 1. The van der Waals surface area contributed by atoms with Gasteiger partial charge in [-0.3, -0.25) is 4.79 Å². The molecule has 7 aliphatic carbocycles. The van der Waals surface area contributed by atoms with Crippen molar-refractivity contribution >= 4 is 17.2 Å². The number of hydrogen-bond donors (Lipinski definition) is 1. The van der Waals surface area contributed by atoms with Gasteiger partial charge in [-0.05, 0) is 67.8 Å². The van der Waals surface area contributed by atoms with E-state index in [-0.39, 0.29) is 11.4 Å². The molecule has 5 bridgehead atoms. The fraction of sp³-hybridized carbons (Fsp3) is 0.524. The van der Waals surface area contributed by atoms with Crippen LogP contribution in [0.15, 0.2) is 29.6 Å². The van der Waals surface area contributed by atoms with Gasteiger partial charge in [0.05, 0.1) is 5.54 Å². The van der Waals surface area contributed by atoms with Crippen LogP contribution in [0.3, 0.4) is 0 Å². The van der Waals surface area contributed by atoms with E-state index in [2.05, 4.69) is 29.4 Å². The predicted molar refractivity (Wildman–Crippen MR) is 98.5 cm³/mol. The molecule has 1 spiro atoms. The van der Waals surface area contributed by atoms with Crippen LogP contribution in [-0.2, 0) is 0 Å². The SMILES string of the molecule is Cc1ccccc1-c1nc(C(=O)NC23[C@@H]4C[C@H]5C[C@H]2CC3(C5)C4)cs1. The van der Waals surface area contributed by atoms with Gasteiger partial charge >= 0.3 is 0 Å². The molecule has 5 atom stereocenters. The van der Waals surface area contributed by atoms with Crippen molar-refractivity contribution in [1.29, 1.82) is 0 Å². The van der Waals surface area contributed by atoms with Crippen LogP contribution < -0.4 is 5.32 Å². The Kier molecular flexibility index (Phi) is 2.63. The summed E-state index contributed by atoms with van der Waals surface area (Å²) in [5.41, 5.74) is 3.52. The molecule has 0 saturated heterocycles. The first kappa shape index (κ1) is 14.5. The fourth-order valence-electron chi connectivity index (χ4n) is 7.02. The Morgan fingerprint density at radius 2 is 1.96 bits per heavy atom. The smallest absolute Gasteiger partial charge is 0.271 e. The molecule has 0 aliphatic heterocycles. The summed E-state index contributed by atoms with van der Waals surface area (Å²) >= 11 is 1.57. The number of nitrogens with zero attached hydrogens (tertiary/aromatic N) is 1. The molecule has 25 heavy (non-hydrogen) atoms. The van der Waals surface area contributed by atoms with Crippen molar-refractivity contribution in [1.82, 2.24) is 10.3 Å². The van der Waals surface area contributed by atoms with Gasteiger partial charge in [0, 0.05) is 10.9 Å². The highest BCUT2D eigenvalue weighted by Gasteiger charge is 2.81. The Morgan fingerprint density at radius 3 is 2.68 bits per heavy atom. The third-order valence-electron chi connectivity index (χ3n) is 7.79. The van der Waals surface area contributed by atoms with Crippen LogP contribution in [0.4, 0.5) is 0 Å². The minimum absolute atomic E-state index is 0.0511. The van der Waals surface area contributed by atoms with Gasteiger partial charge in [0.1, 0.15) is 10.7 Å². The number of benzene rings is 1. The molecule has 1 amide bonds. The number of carbonyl (C=O) groups is 1. The second kappa shape index (κ2) is 4.53. The summed E-state index contributed by atoms with van der Waals surface area (Å²) in [5, 5.41) is 6.38. The maximum atomic E-state index is 13.0. The number of aromatic nitrogens is 1. The Hall–Kier alpha value is -1.68. The summed E-state index contributed by atoms with van der Waals surface area (Å²) in [6, 6.07) is 8.25. The first-order chi connectivity index (χ1) is 12.1. The monoisotopic (exact) mass is 350 g/mol. The fourth-order valence-corrected chi connectivity index (χ4v) is 7.91. The summed E-state index contributed by atoms with van der Waals surface area (Å²) in [7, 11) is 0. The number of aryl methyl sites for hydroxylation is 1. The maximum Gasteiger partial charge on any atom is 0.271 e. The van der Waals surface area contributed by atoms with Crippen molar-refractivity contribution in [3.05, 3.63) is 40.9 Å². The number of rotatable bonds is 3. The van der Waals surface area contributed by atoms with Crippen molar-refractivity contribution in [3.8, 4) is 10.6 Å². The Bertz CT molecular complexity index is 881. The quantitative estimate of drug-likeness (QED) is 0.890. The summed E-state index contributed by atoms with van der Waals surface area (Å²) in [6.45, 7) is 2.09. The lowest BCUT2D eigenvalue weighted by Gasteiger charge is -2.84. The predicted octanol–water partition coefficient (Wildman–Crippen LogP) is 4.43. The molecule has 3 nitrogen and oxygen atoms in total. The van der Waals surface area contributed by atoms with Gasteiger partial charge in [-0.25, -0.2) is 4.98 Å². The Balaban J connectivity index is 1.28. The average Bonchev–Trinajstić information content (AvgIpc) is 3.08. The van der Waals surface area contributed by atoms with E-state index in [1.165, 1.54) is 37.7 Å². The molecule has 1 N–H and O–H groups in total. The Labute approximate surface area is 151 Å². The third-order valence-corrected chi connectivity index (χ3v) is 8.66. The highest BCUT2D eigenvalue weighted by molar-refractivity contribution is 7.13. The first-order valence-electron chi connectivity index (χ1n) is 9.45. The van der Waals surface area contributed by atoms with Crippen LogP contribution in [0, 0.1) is 30.1 Å². The van der Waals surface area contributed by atoms with Gasteiger partial charge in [0.25, 0.3) is 5.91 Å². The lowest BCUT2D eigenvalue weighted by molar-refractivity contribution is -0.305. The van der Waals surface area contributed by atoms with Gasteiger partial charge in [-0.15, -0.1) is 11.3 Å². The standard InChI is InChI=1S/C21H22N2OS/c1-12-4-2-3-5-16(12)19-22-17(11-25-19)18(24)23-21-14-6-13-7-15(21)10-20(21,8-13)9-14/h2-5,11,13-15H,6-10H2,1H3,(H,23,24)/t13-,14+,15-,20?,21?. The first-order valence-corrected chi connectivity index (χ1v) is 10.3. The van der Waals surface area contributed by atoms with E-state index in [4.69, 9.17) is 0 Å². The molecule has 0 radical (unpaired) electrons. The molecular weight excluding hydrogens is 328 g/mol. The molecule has 7 fully saturated rings. The molecule has 9 rings (SSSR count). The highest BCUT2D eigenvalue weighted by Crippen LogP contribution is 2.81. The minimum atomic E-state index is 0.0511. The van der Waals surface area contributed by atoms with Gasteiger partial charge in [-0.2, -0.15) is 0 Å². The van der Waals surface area contributed by atoms with Crippen molar-refractivity contribution in [3.63, 3.8) is 0 Å². The molecule has 2 aromatic rings. The van der Waals surface area contributed by atoms with Crippen LogP contribution in [-0.4, -0.2) is 16.4 Å². The zero-order valence-corrected chi connectivity index (χ0v) is 15.2. The minimum Gasteiger partial charge on any atom is -0.344 e. The van der Waals surface area contributed by atoms with Crippen molar-refractivity contribution < 1.29 is 4.79 Å². The van der Waals surface area contributed by atoms with E-state index >= 15 is 0 Å². The van der Waals surface area contributed by atoms with Crippen LogP contribution in [0.25, 0.3) is 10.6 Å². The molecule has 4 heteroatoms. The largest absolute Gasteiger partial charge is 0.344 e. The van der Waals surface area contributed by atoms with Crippen LogP contribution in [0.5, 0.6) is 0 Å². The second-order valence-electron chi connectivity index (χ2n) is 8.80. The van der Waals surface area contributed by atoms with E-state index in [0.29, 0.717) is 11.1 Å².